The number of carbonyl (C=O) groups is 1. The summed E-state index contributed by atoms with van der Waals surface area (Å²) < 4.78 is 6.98. The molecule has 2 atom stereocenters. The topological polar surface area (TPSA) is 67.6 Å². The average Bonchev–Trinajstić information content (AvgIpc) is 3.20. The molecule has 0 spiro atoms. The van der Waals surface area contributed by atoms with Gasteiger partial charge in [0.25, 0.3) is 5.91 Å². The van der Waals surface area contributed by atoms with E-state index in [4.69, 9.17) is 4.74 Å². The van der Waals surface area contributed by atoms with Crippen LogP contribution in [0.4, 0.5) is 0 Å². The average molecular weight is 315 g/mol. The molecule has 1 N–H and O–H groups in total. The zero-order valence-electron chi connectivity index (χ0n) is 13.3. The van der Waals surface area contributed by atoms with Gasteiger partial charge in [-0.2, -0.15) is 5.10 Å². The molecule has 2 unspecified atom stereocenters. The number of aryl methyl sites for hydroxylation is 1. The fourth-order valence-electron chi connectivity index (χ4n) is 3.02. The van der Waals surface area contributed by atoms with Crippen molar-refractivity contribution in [3.8, 4) is 5.75 Å². The van der Waals surface area contributed by atoms with Crippen molar-refractivity contribution in [1.82, 2.24) is 14.7 Å². The number of rotatable bonds is 4. The molecule has 0 radical (unpaired) electrons. The number of benzene rings is 1. The molecule has 1 aliphatic heterocycles. The molecule has 0 bridgehead atoms. The number of likely N-dealkylation sites (tertiary alicyclic amines) is 1. The van der Waals surface area contributed by atoms with Gasteiger partial charge in [0.2, 0.25) is 0 Å². The summed E-state index contributed by atoms with van der Waals surface area (Å²) in [4.78, 5) is 14.5. The van der Waals surface area contributed by atoms with Crippen LogP contribution < -0.4 is 4.74 Å². The fourth-order valence-corrected chi connectivity index (χ4v) is 3.02. The predicted octanol–water partition coefficient (Wildman–Crippen LogP) is 1.86. The van der Waals surface area contributed by atoms with Crippen LogP contribution in [0.2, 0.25) is 0 Å². The second-order valence-corrected chi connectivity index (χ2v) is 5.72. The molecule has 2 heterocycles. The van der Waals surface area contributed by atoms with Crippen molar-refractivity contribution in [2.75, 3.05) is 13.7 Å². The lowest BCUT2D eigenvalue weighted by Crippen LogP contribution is -2.31. The van der Waals surface area contributed by atoms with E-state index in [9.17, 15) is 9.90 Å². The first-order valence-electron chi connectivity index (χ1n) is 7.77. The maximum atomic E-state index is 12.8. The highest BCUT2D eigenvalue weighted by Gasteiger charge is 2.36. The third-order valence-corrected chi connectivity index (χ3v) is 4.22. The summed E-state index contributed by atoms with van der Waals surface area (Å²) in [7, 11) is 1.62. The molecule has 23 heavy (non-hydrogen) atoms. The first-order chi connectivity index (χ1) is 11.1. The number of carbonyl (C=O) groups excluding carboxylic acids is 1. The number of β-amino-alcohol motifs (C(OH)–C–C–N with tert-alkyl or cyclic N) is 1. The van der Waals surface area contributed by atoms with Crippen LogP contribution >= 0.6 is 0 Å². The molecular weight excluding hydrogens is 294 g/mol. The molecule has 1 aromatic heterocycles. The van der Waals surface area contributed by atoms with Gasteiger partial charge < -0.3 is 14.7 Å². The monoisotopic (exact) mass is 315 g/mol. The zero-order valence-corrected chi connectivity index (χ0v) is 13.3. The number of hydrogen-bond donors (Lipinski definition) is 1. The van der Waals surface area contributed by atoms with Crippen LogP contribution in [-0.2, 0) is 6.54 Å². The summed E-state index contributed by atoms with van der Waals surface area (Å²) in [5.41, 5.74) is 1.52. The standard InChI is InChI=1S/C17H21N3O3/c1-3-19-10-13(9-18-19)17(22)20-11-14(21)8-16(20)12-5-4-6-15(7-12)23-2/h4-7,9-10,14,16,21H,3,8,11H2,1-2H3. The number of hydrogen-bond acceptors (Lipinski definition) is 4. The normalized spacial score (nSPS) is 20.7. The first-order valence-corrected chi connectivity index (χ1v) is 7.77. The van der Waals surface area contributed by atoms with Gasteiger partial charge in [-0.05, 0) is 31.0 Å². The van der Waals surface area contributed by atoms with E-state index < -0.39 is 6.10 Å². The number of methoxy groups -OCH3 is 1. The molecule has 1 aromatic carbocycles. The van der Waals surface area contributed by atoms with Gasteiger partial charge >= 0.3 is 0 Å². The molecule has 0 saturated carbocycles. The summed E-state index contributed by atoms with van der Waals surface area (Å²) in [6.45, 7) is 3.02. The quantitative estimate of drug-likeness (QED) is 0.935. The molecule has 3 rings (SSSR count). The van der Waals surface area contributed by atoms with Gasteiger partial charge in [0, 0.05) is 19.3 Å². The van der Waals surface area contributed by atoms with Gasteiger partial charge in [0.1, 0.15) is 5.75 Å². The maximum Gasteiger partial charge on any atom is 0.257 e. The Labute approximate surface area is 135 Å². The van der Waals surface area contributed by atoms with Gasteiger partial charge in [-0.15, -0.1) is 0 Å². The summed E-state index contributed by atoms with van der Waals surface area (Å²) in [5, 5.41) is 14.2. The van der Waals surface area contributed by atoms with Crippen molar-refractivity contribution < 1.29 is 14.6 Å². The number of ether oxygens (including phenoxy) is 1. The van der Waals surface area contributed by atoms with Crippen molar-refractivity contribution in [2.45, 2.75) is 32.0 Å². The SMILES string of the molecule is CCn1cc(C(=O)N2CC(O)CC2c2cccc(OC)c2)cn1. The second-order valence-electron chi connectivity index (χ2n) is 5.72. The van der Waals surface area contributed by atoms with Gasteiger partial charge in [-0.25, -0.2) is 0 Å². The van der Waals surface area contributed by atoms with Crippen molar-refractivity contribution >= 4 is 5.91 Å². The van der Waals surface area contributed by atoms with E-state index in [2.05, 4.69) is 5.10 Å². The smallest absolute Gasteiger partial charge is 0.257 e. The van der Waals surface area contributed by atoms with E-state index in [-0.39, 0.29) is 11.9 Å². The Balaban J connectivity index is 1.88. The summed E-state index contributed by atoms with van der Waals surface area (Å²) in [6.07, 6.45) is 3.34. The molecule has 0 aliphatic carbocycles. The molecule has 122 valence electrons. The maximum absolute atomic E-state index is 12.8. The van der Waals surface area contributed by atoms with E-state index in [0.29, 0.717) is 18.5 Å². The van der Waals surface area contributed by atoms with E-state index in [1.165, 1.54) is 0 Å². The molecule has 1 saturated heterocycles. The van der Waals surface area contributed by atoms with Crippen molar-refractivity contribution in [2.24, 2.45) is 0 Å². The summed E-state index contributed by atoms with van der Waals surface area (Å²) in [5.74, 6) is 0.643. The third-order valence-electron chi connectivity index (χ3n) is 4.22. The Morgan fingerprint density at radius 1 is 1.48 bits per heavy atom. The Kier molecular flexibility index (Phi) is 4.34. The highest BCUT2D eigenvalue weighted by molar-refractivity contribution is 5.94. The zero-order chi connectivity index (χ0) is 16.4. The van der Waals surface area contributed by atoms with Gasteiger partial charge in [0.15, 0.2) is 0 Å². The Bertz CT molecular complexity index is 698. The third kappa shape index (κ3) is 3.07. The van der Waals surface area contributed by atoms with E-state index in [1.54, 1.807) is 29.1 Å². The lowest BCUT2D eigenvalue weighted by molar-refractivity contribution is 0.0715. The molecule has 1 fully saturated rings. The van der Waals surface area contributed by atoms with Crippen LogP contribution in [0.25, 0.3) is 0 Å². The lowest BCUT2D eigenvalue weighted by Gasteiger charge is -2.24. The van der Waals surface area contributed by atoms with Crippen molar-refractivity contribution in [3.63, 3.8) is 0 Å². The summed E-state index contributed by atoms with van der Waals surface area (Å²) >= 11 is 0. The minimum Gasteiger partial charge on any atom is -0.497 e. The number of nitrogens with zero attached hydrogens (tertiary/aromatic N) is 3. The van der Waals surface area contributed by atoms with Crippen molar-refractivity contribution in [3.05, 3.63) is 47.8 Å². The molecule has 6 nitrogen and oxygen atoms in total. The first kappa shape index (κ1) is 15.6. The Morgan fingerprint density at radius 2 is 2.30 bits per heavy atom. The van der Waals surface area contributed by atoms with Crippen LogP contribution in [0.1, 0.15) is 35.3 Å². The minimum atomic E-state index is -0.517. The van der Waals surface area contributed by atoms with E-state index >= 15 is 0 Å². The molecule has 2 aromatic rings. The number of aliphatic hydroxyl groups excluding tert-OH is 1. The van der Waals surface area contributed by atoms with Crippen LogP contribution in [0.5, 0.6) is 5.75 Å². The predicted molar refractivity (Wildman–Crippen MR) is 85.3 cm³/mol. The second kappa shape index (κ2) is 6.42. The summed E-state index contributed by atoms with van der Waals surface area (Å²) in [6, 6.07) is 7.49. The largest absolute Gasteiger partial charge is 0.497 e. The highest BCUT2D eigenvalue weighted by atomic mass is 16.5. The van der Waals surface area contributed by atoms with Gasteiger partial charge in [-0.3, -0.25) is 9.48 Å². The van der Waals surface area contributed by atoms with E-state index in [0.717, 1.165) is 17.9 Å². The molecular formula is C17H21N3O3. The van der Waals surface area contributed by atoms with Crippen molar-refractivity contribution in [1.29, 1.82) is 0 Å². The van der Waals surface area contributed by atoms with E-state index in [1.807, 2.05) is 31.2 Å². The Hall–Kier alpha value is -2.34. The number of amides is 1. The fraction of sp³-hybridized carbons (Fsp3) is 0.412. The number of aliphatic hydroxyl groups is 1. The van der Waals surface area contributed by atoms with Crippen LogP contribution in [0.3, 0.4) is 0 Å². The van der Waals surface area contributed by atoms with Crippen LogP contribution in [0.15, 0.2) is 36.7 Å². The number of aromatic nitrogens is 2. The van der Waals surface area contributed by atoms with Crippen LogP contribution in [-0.4, -0.2) is 45.5 Å². The minimum absolute atomic E-state index is 0.103. The van der Waals surface area contributed by atoms with Gasteiger partial charge in [-0.1, -0.05) is 12.1 Å². The molecule has 1 aliphatic rings. The molecule has 6 heteroatoms. The lowest BCUT2D eigenvalue weighted by atomic mass is 10.0. The molecule has 1 amide bonds. The van der Waals surface area contributed by atoms with Crippen LogP contribution in [0, 0.1) is 0 Å². The highest BCUT2D eigenvalue weighted by Crippen LogP contribution is 2.34. The van der Waals surface area contributed by atoms with Gasteiger partial charge in [0.05, 0.1) is 31.0 Å². The Morgan fingerprint density at radius 3 is 3.00 bits per heavy atom.